The first-order valence-corrected chi connectivity index (χ1v) is 10.0. The fraction of sp³-hybridized carbons (Fsp3) is 0.368. The number of carbonyl (C=O) groups is 2. The number of rotatable bonds is 4. The molecule has 1 atom stereocenters. The molecule has 1 aromatic carbocycles. The Balaban J connectivity index is 1.74. The first kappa shape index (κ1) is 18.3. The van der Waals surface area contributed by atoms with Gasteiger partial charge in [-0.15, -0.1) is 11.3 Å². The van der Waals surface area contributed by atoms with Crippen LogP contribution in [0.5, 0.6) is 0 Å². The van der Waals surface area contributed by atoms with Crippen molar-refractivity contribution in [2.75, 3.05) is 44.3 Å². The van der Waals surface area contributed by atoms with E-state index in [2.05, 4.69) is 11.0 Å². The van der Waals surface area contributed by atoms with Gasteiger partial charge in [-0.2, -0.15) is 0 Å². The second-order valence-corrected chi connectivity index (χ2v) is 8.19. The van der Waals surface area contributed by atoms with Crippen molar-refractivity contribution in [1.82, 2.24) is 4.90 Å². The number of hydrogen-bond acceptors (Lipinski definition) is 5. The van der Waals surface area contributed by atoms with E-state index >= 15 is 0 Å². The van der Waals surface area contributed by atoms with Crippen LogP contribution in [0.2, 0.25) is 5.02 Å². The van der Waals surface area contributed by atoms with Crippen molar-refractivity contribution in [2.24, 2.45) is 5.73 Å². The highest BCUT2D eigenvalue weighted by Crippen LogP contribution is 2.41. The molecular formula is C19H20ClN3O3S. The lowest BCUT2D eigenvalue weighted by atomic mass is 9.88. The van der Waals surface area contributed by atoms with E-state index in [1.807, 2.05) is 24.3 Å². The fourth-order valence-electron chi connectivity index (χ4n) is 3.61. The molecule has 0 aliphatic carbocycles. The second-order valence-electron chi connectivity index (χ2n) is 6.72. The molecule has 4 rings (SSSR count). The van der Waals surface area contributed by atoms with Crippen LogP contribution in [0, 0.1) is 0 Å². The standard InChI is InChI=1S/C19H20ClN3O3S/c20-13-3-1-12(2-4-13)15-10-23(11-16(21)24)19(25)18-14(15)9-17(27-18)22-5-7-26-8-6-22/h1-4,9,15H,5-8,10-11H2,(H2,21,24). The van der Waals surface area contributed by atoms with Crippen LogP contribution in [0.3, 0.4) is 0 Å². The number of carbonyl (C=O) groups excluding carboxylic acids is 2. The van der Waals surface area contributed by atoms with E-state index in [1.54, 1.807) is 4.90 Å². The van der Waals surface area contributed by atoms with Gasteiger partial charge in [0, 0.05) is 30.6 Å². The van der Waals surface area contributed by atoms with E-state index in [4.69, 9.17) is 22.1 Å². The van der Waals surface area contributed by atoms with Crippen LogP contribution in [0.4, 0.5) is 5.00 Å². The van der Waals surface area contributed by atoms with Gasteiger partial charge < -0.3 is 20.3 Å². The molecule has 1 unspecified atom stereocenters. The van der Waals surface area contributed by atoms with Gasteiger partial charge in [-0.25, -0.2) is 0 Å². The van der Waals surface area contributed by atoms with Crippen molar-refractivity contribution in [3.63, 3.8) is 0 Å². The van der Waals surface area contributed by atoms with Gasteiger partial charge in [-0.05, 0) is 29.3 Å². The zero-order valence-electron chi connectivity index (χ0n) is 14.7. The molecule has 0 saturated carbocycles. The number of nitrogens with two attached hydrogens (primary N) is 1. The fourth-order valence-corrected chi connectivity index (χ4v) is 4.97. The maximum atomic E-state index is 12.9. The summed E-state index contributed by atoms with van der Waals surface area (Å²) >= 11 is 7.52. The molecule has 6 nitrogen and oxygen atoms in total. The molecular weight excluding hydrogens is 386 g/mol. The van der Waals surface area contributed by atoms with E-state index in [1.165, 1.54) is 11.3 Å². The predicted octanol–water partition coefficient (Wildman–Crippen LogP) is 2.31. The Morgan fingerprint density at radius 2 is 1.96 bits per heavy atom. The van der Waals surface area contributed by atoms with Gasteiger partial charge in [-0.3, -0.25) is 9.59 Å². The molecule has 2 amide bonds. The Morgan fingerprint density at radius 1 is 1.26 bits per heavy atom. The van der Waals surface area contributed by atoms with E-state index in [0.29, 0.717) is 29.7 Å². The molecule has 2 aliphatic heterocycles. The number of nitrogens with zero attached hydrogens (tertiary/aromatic N) is 2. The van der Waals surface area contributed by atoms with Crippen LogP contribution in [0.1, 0.15) is 26.7 Å². The molecule has 142 valence electrons. The van der Waals surface area contributed by atoms with Crippen molar-refractivity contribution >= 4 is 39.8 Å². The van der Waals surface area contributed by atoms with Gasteiger partial charge in [0.1, 0.15) is 0 Å². The van der Waals surface area contributed by atoms with E-state index in [9.17, 15) is 9.59 Å². The third-order valence-electron chi connectivity index (χ3n) is 4.95. The highest BCUT2D eigenvalue weighted by Gasteiger charge is 2.35. The first-order chi connectivity index (χ1) is 13.0. The molecule has 0 radical (unpaired) electrons. The van der Waals surface area contributed by atoms with Crippen LogP contribution in [-0.4, -0.2) is 56.1 Å². The molecule has 0 spiro atoms. The van der Waals surface area contributed by atoms with Crippen molar-refractivity contribution in [2.45, 2.75) is 5.92 Å². The Labute approximate surface area is 166 Å². The topological polar surface area (TPSA) is 75.9 Å². The van der Waals surface area contributed by atoms with Gasteiger partial charge in [0.05, 0.1) is 29.6 Å². The Kier molecular flexibility index (Phi) is 5.08. The molecule has 3 heterocycles. The number of primary amides is 1. The minimum absolute atomic E-state index is 0.0136. The summed E-state index contributed by atoms with van der Waals surface area (Å²) in [5.74, 6) is -0.648. The highest BCUT2D eigenvalue weighted by atomic mass is 35.5. The second kappa shape index (κ2) is 7.50. The molecule has 1 aromatic heterocycles. The van der Waals surface area contributed by atoms with Crippen LogP contribution in [0.25, 0.3) is 0 Å². The smallest absolute Gasteiger partial charge is 0.264 e. The molecule has 1 fully saturated rings. The summed E-state index contributed by atoms with van der Waals surface area (Å²) < 4.78 is 5.43. The van der Waals surface area contributed by atoms with Crippen LogP contribution >= 0.6 is 22.9 Å². The van der Waals surface area contributed by atoms with Gasteiger partial charge in [0.2, 0.25) is 5.91 Å². The molecule has 0 bridgehead atoms. The van der Waals surface area contributed by atoms with Crippen molar-refractivity contribution in [3.8, 4) is 0 Å². The zero-order valence-corrected chi connectivity index (χ0v) is 16.3. The molecule has 2 aliphatic rings. The Bertz CT molecular complexity index is 862. The lowest BCUT2D eigenvalue weighted by molar-refractivity contribution is -0.118. The minimum atomic E-state index is -0.508. The molecule has 27 heavy (non-hydrogen) atoms. The quantitative estimate of drug-likeness (QED) is 0.846. The monoisotopic (exact) mass is 405 g/mol. The summed E-state index contributed by atoms with van der Waals surface area (Å²) in [5.41, 5.74) is 7.44. The summed E-state index contributed by atoms with van der Waals surface area (Å²) in [7, 11) is 0. The van der Waals surface area contributed by atoms with Crippen LogP contribution in [-0.2, 0) is 9.53 Å². The minimum Gasteiger partial charge on any atom is -0.378 e. The number of thiophene rings is 1. The van der Waals surface area contributed by atoms with Crippen LogP contribution < -0.4 is 10.6 Å². The van der Waals surface area contributed by atoms with Gasteiger partial charge in [-0.1, -0.05) is 23.7 Å². The largest absolute Gasteiger partial charge is 0.378 e. The third-order valence-corrected chi connectivity index (χ3v) is 6.40. The van der Waals surface area contributed by atoms with E-state index in [0.717, 1.165) is 29.2 Å². The number of morpholine rings is 1. The zero-order chi connectivity index (χ0) is 19.0. The van der Waals surface area contributed by atoms with E-state index < -0.39 is 5.91 Å². The van der Waals surface area contributed by atoms with Crippen LogP contribution in [0.15, 0.2) is 30.3 Å². The number of amides is 2. The third kappa shape index (κ3) is 3.67. The summed E-state index contributed by atoms with van der Waals surface area (Å²) in [6.07, 6.45) is 0. The summed E-state index contributed by atoms with van der Waals surface area (Å²) in [6, 6.07) is 9.76. The molecule has 2 N–H and O–H groups in total. The summed E-state index contributed by atoms with van der Waals surface area (Å²) in [5, 5.41) is 1.73. The lowest BCUT2D eigenvalue weighted by Gasteiger charge is -2.32. The lowest BCUT2D eigenvalue weighted by Crippen LogP contribution is -2.44. The number of ether oxygens (including phenoxy) is 1. The average Bonchev–Trinajstić information content (AvgIpc) is 3.11. The Hall–Kier alpha value is -2.09. The normalized spacial score (nSPS) is 19.9. The number of anilines is 1. The van der Waals surface area contributed by atoms with Crippen molar-refractivity contribution in [3.05, 3.63) is 51.4 Å². The van der Waals surface area contributed by atoms with Gasteiger partial charge in [0.25, 0.3) is 5.91 Å². The molecule has 8 heteroatoms. The maximum absolute atomic E-state index is 12.9. The van der Waals surface area contributed by atoms with Gasteiger partial charge in [0.15, 0.2) is 0 Å². The Morgan fingerprint density at radius 3 is 2.63 bits per heavy atom. The van der Waals surface area contributed by atoms with Crippen molar-refractivity contribution < 1.29 is 14.3 Å². The average molecular weight is 406 g/mol. The van der Waals surface area contributed by atoms with E-state index in [-0.39, 0.29) is 18.4 Å². The number of halogens is 1. The summed E-state index contributed by atoms with van der Waals surface area (Å²) in [6.45, 7) is 3.34. The molecule has 1 saturated heterocycles. The predicted molar refractivity (Wildman–Crippen MR) is 106 cm³/mol. The first-order valence-electron chi connectivity index (χ1n) is 8.82. The maximum Gasteiger partial charge on any atom is 0.264 e. The number of benzene rings is 1. The highest BCUT2D eigenvalue weighted by molar-refractivity contribution is 7.18. The number of hydrogen-bond donors (Lipinski definition) is 1. The molecule has 2 aromatic rings. The van der Waals surface area contributed by atoms with Gasteiger partial charge >= 0.3 is 0 Å². The number of fused-ring (bicyclic) bond motifs is 1. The summed E-state index contributed by atoms with van der Waals surface area (Å²) in [4.78, 5) is 28.9. The van der Waals surface area contributed by atoms with Crippen molar-refractivity contribution in [1.29, 1.82) is 0 Å². The SMILES string of the molecule is NC(=O)CN1CC(c2ccc(Cl)cc2)c2cc(N3CCOCC3)sc2C1=O.